The lowest BCUT2D eigenvalue weighted by Crippen LogP contribution is -2.43. The maximum Gasteiger partial charge on any atom is 0.329 e. The molecule has 0 saturated heterocycles. The number of carboxylic acid groups (broad SMARTS) is 1. The van der Waals surface area contributed by atoms with Gasteiger partial charge in [0.05, 0.1) is 9.50 Å². The van der Waals surface area contributed by atoms with Crippen LogP contribution in [0.5, 0.6) is 5.75 Å². The van der Waals surface area contributed by atoms with Crippen LogP contribution in [0.4, 0.5) is 4.39 Å². The van der Waals surface area contributed by atoms with Gasteiger partial charge in [0.1, 0.15) is 18.2 Å². The van der Waals surface area contributed by atoms with E-state index in [0.29, 0.717) is 4.47 Å². The zero-order chi connectivity index (χ0) is 14.6. The predicted octanol–water partition coefficient (Wildman–Crippen LogP) is 2.21. The number of carbonyl (C=O) groups is 2. The van der Waals surface area contributed by atoms with E-state index in [1.807, 2.05) is 0 Å². The number of hydrogen-bond acceptors (Lipinski definition) is 3. The van der Waals surface area contributed by atoms with Crippen molar-refractivity contribution in [3.8, 4) is 5.75 Å². The van der Waals surface area contributed by atoms with Crippen LogP contribution in [-0.4, -0.2) is 29.6 Å². The molecule has 1 unspecified atom stereocenters. The molecule has 0 saturated carbocycles. The number of nitrogens with one attached hydrogen (secondary N) is 1. The van der Waals surface area contributed by atoms with Gasteiger partial charge in [0.25, 0.3) is 0 Å². The normalized spacial score (nSPS) is 11.8. The first-order valence-electron chi connectivity index (χ1n) is 5.08. The van der Waals surface area contributed by atoms with Crippen molar-refractivity contribution < 1.29 is 23.8 Å². The molecule has 0 aliphatic heterocycles. The molecule has 8 heteroatoms. The smallest absolute Gasteiger partial charge is 0.329 e. The van der Waals surface area contributed by atoms with E-state index in [1.165, 1.54) is 13.0 Å². The Morgan fingerprint density at radius 1 is 1.58 bits per heavy atom. The molecule has 2 N–H and O–H groups in total. The fraction of sp³-hybridized carbons (Fsp3) is 0.273. The summed E-state index contributed by atoms with van der Waals surface area (Å²) >= 11 is 8.66. The van der Waals surface area contributed by atoms with Gasteiger partial charge in [-0.05, 0) is 22.0 Å². The van der Waals surface area contributed by atoms with E-state index >= 15 is 0 Å². The summed E-state index contributed by atoms with van der Waals surface area (Å²) in [5, 5.41) is 11.0. The maximum absolute atomic E-state index is 13.2. The minimum atomic E-state index is -1.25. The van der Waals surface area contributed by atoms with Gasteiger partial charge < -0.3 is 15.2 Å². The lowest BCUT2D eigenvalue weighted by atomic mass is 10.3. The highest BCUT2D eigenvalue weighted by Crippen LogP contribution is 2.30. The first-order chi connectivity index (χ1) is 8.81. The third-order valence-electron chi connectivity index (χ3n) is 2.06. The van der Waals surface area contributed by atoms with Crippen molar-refractivity contribution in [1.29, 1.82) is 0 Å². The van der Waals surface area contributed by atoms with Gasteiger partial charge in [0.15, 0.2) is 6.04 Å². The highest BCUT2D eigenvalue weighted by Gasteiger charge is 2.20. The Morgan fingerprint density at radius 3 is 2.74 bits per heavy atom. The van der Waals surface area contributed by atoms with Crippen molar-refractivity contribution in [2.24, 2.45) is 0 Å². The van der Waals surface area contributed by atoms with Crippen LogP contribution >= 0.6 is 27.5 Å². The van der Waals surface area contributed by atoms with Crippen molar-refractivity contribution >= 4 is 39.4 Å². The molecule has 104 valence electrons. The largest absolute Gasteiger partial charge is 0.490 e. The van der Waals surface area contributed by atoms with Crippen molar-refractivity contribution in [1.82, 2.24) is 5.32 Å². The third-order valence-corrected chi connectivity index (χ3v) is 2.97. The van der Waals surface area contributed by atoms with Crippen molar-refractivity contribution in [3.05, 3.63) is 27.4 Å². The molecule has 1 rings (SSSR count). The van der Waals surface area contributed by atoms with Crippen LogP contribution in [-0.2, 0) is 9.59 Å². The summed E-state index contributed by atoms with van der Waals surface area (Å²) in [7, 11) is 0. The summed E-state index contributed by atoms with van der Waals surface area (Å²) in [6.45, 7) is 0.850. The molecule has 1 amide bonds. The molecular weight excluding hydrogens is 344 g/mol. The number of rotatable bonds is 5. The van der Waals surface area contributed by atoms with Crippen LogP contribution in [0.25, 0.3) is 0 Å². The summed E-state index contributed by atoms with van der Waals surface area (Å²) in [6.07, 6.45) is 0. The zero-order valence-corrected chi connectivity index (χ0v) is 12.1. The molecule has 1 aromatic rings. The van der Waals surface area contributed by atoms with Gasteiger partial charge in [-0.25, -0.2) is 9.18 Å². The Balaban J connectivity index is 2.77. The Hall–Kier alpha value is -1.34. The van der Waals surface area contributed by atoms with E-state index in [2.05, 4.69) is 21.2 Å². The summed E-state index contributed by atoms with van der Waals surface area (Å²) < 4.78 is 18.8. The molecule has 0 heterocycles. The number of halogens is 3. The average Bonchev–Trinajstić information content (AvgIpc) is 2.29. The minimum Gasteiger partial charge on any atom is -0.490 e. The van der Waals surface area contributed by atoms with Crippen LogP contribution in [0, 0.1) is 5.82 Å². The second kappa shape index (κ2) is 6.72. The van der Waals surface area contributed by atoms with Crippen LogP contribution in [0.2, 0.25) is 5.02 Å². The van der Waals surface area contributed by atoms with Gasteiger partial charge in [0.2, 0.25) is 5.91 Å². The second-order valence-electron chi connectivity index (χ2n) is 3.60. The molecule has 5 nitrogen and oxygen atoms in total. The lowest BCUT2D eigenvalue weighted by molar-refractivity contribution is -0.142. The van der Waals surface area contributed by atoms with Crippen molar-refractivity contribution in [2.75, 3.05) is 6.61 Å². The molecule has 19 heavy (non-hydrogen) atoms. The molecule has 0 aromatic heterocycles. The van der Waals surface area contributed by atoms with Gasteiger partial charge >= 0.3 is 5.97 Å². The molecule has 0 bridgehead atoms. The van der Waals surface area contributed by atoms with Gasteiger partial charge in [-0.1, -0.05) is 11.6 Å². The van der Waals surface area contributed by atoms with E-state index in [1.54, 1.807) is 0 Å². The molecular formula is C11H10BrClFNO4. The standard InChI is InChI=1S/C11H10BrClFNO4/c1-5(16)15-9(11(17)18)4-19-10-3-8(14)7(13)2-6(10)12/h2-3,9H,4H2,1H3,(H,15,16)(H,17,18). The number of hydrogen-bond donors (Lipinski definition) is 2. The summed E-state index contributed by atoms with van der Waals surface area (Å²) in [5.74, 6) is -2.34. The van der Waals surface area contributed by atoms with Gasteiger partial charge in [-0.2, -0.15) is 0 Å². The summed E-state index contributed by atoms with van der Waals surface area (Å²) in [6, 6.07) is 1.10. The highest BCUT2D eigenvalue weighted by molar-refractivity contribution is 9.10. The maximum atomic E-state index is 13.2. The van der Waals surface area contributed by atoms with Crippen LogP contribution in [0.1, 0.15) is 6.92 Å². The fourth-order valence-corrected chi connectivity index (χ4v) is 1.96. The number of aliphatic carboxylic acids is 1. The van der Waals surface area contributed by atoms with Gasteiger partial charge in [0, 0.05) is 13.0 Å². The molecule has 0 fully saturated rings. The molecule has 1 atom stereocenters. The van der Waals surface area contributed by atoms with Crippen LogP contribution < -0.4 is 10.1 Å². The number of amides is 1. The highest BCUT2D eigenvalue weighted by atomic mass is 79.9. The number of carboxylic acids is 1. The molecule has 0 aliphatic rings. The molecule has 0 spiro atoms. The number of ether oxygens (including phenoxy) is 1. The minimum absolute atomic E-state index is 0.0872. The van der Waals surface area contributed by atoms with E-state index in [4.69, 9.17) is 21.4 Å². The zero-order valence-electron chi connectivity index (χ0n) is 9.75. The quantitative estimate of drug-likeness (QED) is 0.795. The molecule has 1 aromatic carbocycles. The van der Waals surface area contributed by atoms with E-state index in [-0.39, 0.29) is 17.4 Å². The van der Waals surface area contributed by atoms with E-state index in [0.717, 1.165) is 6.07 Å². The second-order valence-corrected chi connectivity index (χ2v) is 4.86. The molecule has 0 aliphatic carbocycles. The number of benzene rings is 1. The third kappa shape index (κ3) is 4.68. The van der Waals surface area contributed by atoms with E-state index < -0.39 is 23.7 Å². The van der Waals surface area contributed by atoms with Gasteiger partial charge in [-0.15, -0.1) is 0 Å². The SMILES string of the molecule is CC(=O)NC(COc1cc(F)c(Cl)cc1Br)C(=O)O. The lowest BCUT2D eigenvalue weighted by Gasteiger charge is -2.15. The number of carbonyl (C=O) groups excluding carboxylic acids is 1. The van der Waals surface area contributed by atoms with Crippen LogP contribution in [0.15, 0.2) is 16.6 Å². The average molecular weight is 355 g/mol. The van der Waals surface area contributed by atoms with E-state index in [9.17, 15) is 14.0 Å². The predicted molar refractivity (Wildman–Crippen MR) is 69.8 cm³/mol. The monoisotopic (exact) mass is 353 g/mol. The summed E-state index contributed by atoms with van der Waals surface area (Å²) in [5.41, 5.74) is 0. The van der Waals surface area contributed by atoms with Crippen LogP contribution in [0.3, 0.4) is 0 Å². The Bertz CT molecular complexity index is 512. The molecule has 0 radical (unpaired) electrons. The fourth-order valence-electron chi connectivity index (χ4n) is 1.21. The topological polar surface area (TPSA) is 75.6 Å². The first-order valence-corrected chi connectivity index (χ1v) is 6.25. The Morgan fingerprint density at radius 2 is 2.21 bits per heavy atom. The summed E-state index contributed by atoms with van der Waals surface area (Å²) in [4.78, 5) is 21.7. The van der Waals surface area contributed by atoms with Crippen molar-refractivity contribution in [3.63, 3.8) is 0 Å². The first kappa shape index (κ1) is 15.7. The Kier molecular flexibility index (Phi) is 5.56. The Labute approximate surface area is 121 Å². The van der Waals surface area contributed by atoms with Crippen molar-refractivity contribution in [2.45, 2.75) is 13.0 Å². The van der Waals surface area contributed by atoms with Gasteiger partial charge in [-0.3, -0.25) is 4.79 Å².